The van der Waals surface area contributed by atoms with E-state index in [-0.39, 0.29) is 16.3 Å². The molecule has 1 aromatic carbocycles. The normalized spacial score (nSPS) is 11.8. The van der Waals surface area contributed by atoms with Crippen LogP contribution in [0.4, 0.5) is 5.69 Å². The van der Waals surface area contributed by atoms with E-state index in [4.69, 9.17) is 5.73 Å². The summed E-state index contributed by atoms with van der Waals surface area (Å²) in [5.74, 6) is -0.150. The van der Waals surface area contributed by atoms with Gasteiger partial charge in [0, 0.05) is 11.0 Å². The van der Waals surface area contributed by atoms with Crippen molar-refractivity contribution in [3.05, 3.63) is 38.5 Å². The number of aryl methyl sites for hydroxylation is 2. The number of halogens is 2. The zero-order valence-corrected chi connectivity index (χ0v) is 15.6. The maximum Gasteiger partial charge on any atom is 0.186 e. The summed E-state index contributed by atoms with van der Waals surface area (Å²) in [4.78, 5) is 0.130. The lowest BCUT2D eigenvalue weighted by atomic mass is 10.3. The first-order valence-electron chi connectivity index (χ1n) is 6.25. The van der Waals surface area contributed by atoms with E-state index in [1.807, 2.05) is 13.8 Å². The van der Waals surface area contributed by atoms with Gasteiger partial charge < -0.3 is 5.73 Å². The van der Waals surface area contributed by atoms with Crippen LogP contribution in [0, 0.1) is 6.92 Å². The molecule has 0 aliphatic carbocycles. The maximum absolute atomic E-state index is 12.6. The standard InChI is InChI=1S/C13H15Br2N3O2S/c1-3-18-11(13(15)8(2)17-18)7-21(19,20)12-6-9(14)4-5-10(12)16/h4-6H,3,7,16H2,1-2H3. The largest absolute Gasteiger partial charge is 0.398 e. The molecule has 0 saturated heterocycles. The fraction of sp³-hybridized carbons (Fsp3) is 0.308. The second-order valence-electron chi connectivity index (χ2n) is 4.60. The number of aromatic nitrogens is 2. The van der Waals surface area contributed by atoms with Crippen LogP contribution in [0.1, 0.15) is 18.3 Å². The number of hydrogen-bond acceptors (Lipinski definition) is 4. The molecule has 21 heavy (non-hydrogen) atoms. The first-order chi connectivity index (χ1) is 9.76. The van der Waals surface area contributed by atoms with Crippen molar-refractivity contribution in [3.8, 4) is 0 Å². The molecule has 0 saturated carbocycles. The molecule has 0 bridgehead atoms. The topological polar surface area (TPSA) is 78.0 Å². The third-order valence-corrected chi connectivity index (χ3v) is 6.29. The highest BCUT2D eigenvalue weighted by molar-refractivity contribution is 9.10. The van der Waals surface area contributed by atoms with Crippen LogP contribution < -0.4 is 5.73 Å². The van der Waals surface area contributed by atoms with E-state index in [2.05, 4.69) is 37.0 Å². The molecule has 0 spiro atoms. The third kappa shape index (κ3) is 3.32. The predicted molar refractivity (Wildman–Crippen MR) is 89.8 cm³/mol. The first-order valence-corrected chi connectivity index (χ1v) is 9.49. The zero-order chi connectivity index (χ0) is 15.8. The number of rotatable bonds is 4. The van der Waals surface area contributed by atoms with Crippen molar-refractivity contribution in [1.82, 2.24) is 9.78 Å². The van der Waals surface area contributed by atoms with Gasteiger partial charge in [0.05, 0.1) is 32.2 Å². The molecule has 2 aromatic rings. The number of anilines is 1. The number of sulfone groups is 1. The van der Waals surface area contributed by atoms with E-state index in [0.29, 0.717) is 16.7 Å². The number of nitrogens with two attached hydrogens (primary N) is 1. The van der Waals surface area contributed by atoms with Gasteiger partial charge in [-0.05, 0) is 48.0 Å². The van der Waals surface area contributed by atoms with Gasteiger partial charge in [-0.3, -0.25) is 4.68 Å². The Bertz CT molecular complexity index is 785. The summed E-state index contributed by atoms with van der Waals surface area (Å²) in [5.41, 5.74) is 7.45. The molecule has 2 rings (SSSR count). The van der Waals surface area contributed by atoms with Gasteiger partial charge in [-0.2, -0.15) is 5.10 Å². The lowest BCUT2D eigenvalue weighted by Gasteiger charge is -2.10. The van der Waals surface area contributed by atoms with Crippen molar-refractivity contribution in [2.75, 3.05) is 5.73 Å². The van der Waals surface area contributed by atoms with E-state index < -0.39 is 9.84 Å². The van der Waals surface area contributed by atoms with Crippen molar-refractivity contribution in [2.45, 2.75) is 31.0 Å². The van der Waals surface area contributed by atoms with Crippen LogP contribution in [0.25, 0.3) is 0 Å². The Kier molecular flexibility index (Phi) is 4.79. The van der Waals surface area contributed by atoms with Crippen molar-refractivity contribution in [3.63, 3.8) is 0 Å². The third-order valence-electron chi connectivity index (χ3n) is 3.09. The summed E-state index contributed by atoms with van der Waals surface area (Å²) in [5, 5.41) is 4.31. The van der Waals surface area contributed by atoms with Gasteiger partial charge in [0.2, 0.25) is 0 Å². The molecule has 2 N–H and O–H groups in total. The molecule has 1 heterocycles. The van der Waals surface area contributed by atoms with Crippen molar-refractivity contribution in [2.24, 2.45) is 0 Å². The number of benzene rings is 1. The molecule has 0 atom stereocenters. The van der Waals surface area contributed by atoms with Gasteiger partial charge in [-0.1, -0.05) is 15.9 Å². The van der Waals surface area contributed by atoms with Crippen LogP contribution in [0.3, 0.4) is 0 Å². The highest BCUT2D eigenvalue weighted by atomic mass is 79.9. The SMILES string of the molecule is CCn1nc(C)c(Br)c1CS(=O)(=O)c1cc(Br)ccc1N. The molecular weight excluding hydrogens is 422 g/mol. The summed E-state index contributed by atoms with van der Waals surface area (Å²) in [7, 11) is -3.55. The average Bonchev–Trinajstić information content (AvgIpc) is 2.68. The van der Waals surface area contributed by atoms with Gasteiger partial charge in [-0.25, -0.2) is 8.42 Å². The van der Waals surface area contributed by atoms with E-state index in [0.717, 1.165) is 10.2 Å². The maximum atomic E-state index is 12.6. The van der Waals surface area contributed by atoms with E-state index in [1.54, 1.807) is 16.8 Å². The summed E-state index contributed by atoms with van der Waals surface area (Å²) < 4.78 is 28.4. The molecule has 0 fully saturated rings. The molecule has 0 radical (unpaired) electrons. The highest BCUT2D eigenvalue weighted by Crippen LogP contribution is 2.29. The Morgan fingerprint density at radius 2 is 2.00 bits per heavy atom. The molecule has 8 heteroatoms. The molecular formula is C13H15Br2N3O2S. The molecule has 5 nitrogen and oxygen atoms in total. The first kappa shape index (κ1) is 16.5. The van der Waals surface area contributed by atoms with Crippen LogP contribution >= 0.6 is 31.9 Å². The Hall–Kier alpha value is -0.860. The van der Waals surface area contributed by atoms with Gasteiger partial charge in [-0.15, -0.1) is 0 Å². The minimum atomic E-state index is -3.55. The molecule has 114 valence electrons. The number of nitrogen functional groups attached to an aromatic ring is 1. The predicted octanol–water partition coefficient (Wildman–Crippen LogP) is 3.29. The number of hydrogen-bond donors (Lipinski definition) is 1. The Balaban J connectivity index is 2.50. The highest BCUT2D eigenvalue weighted by Gasteiger charge is 2.23. The van der Waals surface area contributed by atoms with Crippen LogP contribution in [0.2, 0.25) is 0 Å². The summed E-state index contributed by atoms with van der Waals surface area (Å²) in [6, 6.07) is 4.82. The smallest absolute Gasteiger partial charge is 0.186 e. The Morgan fingerprint density at radius 1 is 1.33 bits per heavy atom. The van der Waals surface area contributed by atoms with Crippen LogP contribution in [-0.2, 0) is 22.1 Å². The summed E-state index contributed by atoms with van der Waals surface area (Å²) in [6.45, 7) is 4.35. The van der Waals surface area contributed by atoms with E-state index in [1.165, 1.54) is 6.07 Å². The molecule has 0 amide bonds. The summed E-state index contributed by atoms with van der Waals surface area (Å²) in [6.07, 6.45) is 0. The monoisotopic (exact) mass is 435 g/mol. The molecule has 0 unspecified atom stereocenters. The van der Waals surface area contributed by atoms with Crippen LogP contribution in [0.15, 0.2) is 32.0 Å². The Labute approximate surface area is 140 Å². The number of nitrogens with zero attached hydrogens (tertiary/aromatic N) is 2. The van der Waals surface area contributed by atoms with Crippen molar-refractivity contribution in [1.29, 1.82) is 0 Å². The second-order valence-corrected chi connectivity index (χ2v) is 8.27. The van der Waals surface area contributed by atoms with Gasteiger partial charge in [0.15, 0.2) is 9.84 Å². The van der Waals surface area contributed by atoms with Gasteiger partial charge in [0.1, 0.15) is 0 Å². The minimum Gasteiger partial charge on any atom is -0.398 e. The quantitative estimate of drug-likeness (QED) is 0.745. The fourth-order valence-corrected chi connectivity index (χ4v) is 4.71. The molecule has 1 aromatic heterocycles. The van der Waals surface area contributed by atoms with Crippen molar-refractivity contribution >= 4 is 47.4 Å². The molecule has 0 aliphatic rings. The van der Waals surface area contributed by atoms with Crippen LogP contribution in [0.5, 0.6) is 0 Å². The zero-order valence-electron chi connectivity index (χ0n) is 11.6. The molecule has 0 aliphatic heterocycles. The lowest BCUT2D eigenvalue weighted by molar-refractivity contribution is 0.585. The minimum absolute atomic E-state index is 0.130. The average molecular weight is 437 g/mol. The summed E-state index contributed by atoms with van der Waals surface area (Å²) >= 11 is 6.69. The van der Waals surface area contributed by atoms with Gasteiger partial charge >= 0.3 is 0 Å². The second kappa shape index (κ2) is 6.10. The van der Waals surface area contributed by atoms with Crippen molar-refractivity contribution < 1.29 is 8.42 Å². The van der Waals surface area contributed by atoms with E-state index in [9.17, 15) is 8.42 Å². The lowest BCUT2D eigenvalue weighted by Crippen LogP contribution is -2.12. The fourth-order valence-electron chi connectivity index (χ4n) is 2.04. The van der Waals surface area contributed by atoms with Gasteiger partial charge in [0.25, 0.3) is 0 Å². The van der Waals surface area contributed by atoms with Crippen LogP contribution in [-0.4, -0.2) is 18.2 Å². The van der Waals surface area contributed by atoms with E-state index >= 15 is 0 Å². The Morgan fingerprint density at radius 3 is 2.62 bits per heavy atom.